The largest absolute Gasteiger partial charge is 0.351 e. The molecule has 3 nitrogen and oxygen atoms in total. The van der Waals surface area contributed by atoms with Gasteiger partial charge in [0, 0.05) is 6.54 Å². The number of hydrogen-bond donors (Lipinski definition) is 2. The maximum absolute atomic E-state index is 11.2. The van der Waals surface area contributed by atoms with Crippen LogP contribution in [0.4, 0.5) is 0 Å². The van der Waals surface area contributed by atoms with Crippen molar-refractivity contribution < 1.29 is 4.79 Å². The monoisotopic (exact) mass is 206 g/mol. The third-order valence-electron chi connectivity index (χ3n) is 2.32. The first-order chi connectivity index (χ1) is 7.13. The molecule has 1 aromatic carbocycles. The molecule has 2 N–H and O–H groups in total. The van der Waals surface area contributed by atoms with E-state index in [-0.39, 0.29) is 5.91 Å². The number of amides is 1. The van der Waals surface area contributed by atoms with E-state index >= 15 is 0 Å². The molecule has 15 heavy (non-hydrogen) atoms. The van der Waals surface area contributed by atoms with E-state index in [1.807, 2.05) is 0 Å². The summed E-state index contributed by atoms with van der Waals surface area (Å²) < 4.78 is 0. The van der Waals surface area contributed by atoms with Gasteiger partial charge >= 0.3 is 0 Å². The molecule has 0 unspecified atom stereocenters. The second-order valence-corrected chi connectivity index (χ2v) is 3.74. The average molecular weight is 206 g/mol. The van der Waals surface area contributed by atoms with Crippen molar-refractivity contribution in [2.24, 2.45) is 0 Å². The summed E-state index contributed by atoms with van der Waals surface area (Å²) in [5, 5.41) is 5.68. The Hall–Kier alpha value is -1.35. The number of carbonyl (C=O) groups is 1. The van der Waals surface area contributed by atoms with Crippen LogP contribution in [0.25, 0.3) is 0 Å². The molecule has 1 amide bonds. The highest BCUT2D eigenvalue weighted by atomic mass is 16.1. The number of carbonyl (C=O) groups excluding carboxylic acids is 1. The first-order valence-electron chi connectivity index (χ1n) is 5.11. The lowest BCUT2D eigenvalue weighted by molar-refractivity contribution is -0.120. The molecular formula is C12H18N2O. The van der Waals surface area contributed by atoms with Crippen LogP contribution in [0.2, 0.25) is 0 Å². The number of nitrogens with one attached hydrogen (secondary N) is 2. The van der Waals surface area contributed by atoms with Crippen LogP contribution in [0.1, 0.15) is 16.7 Å². The Bertz CT molecular complexity index is 347. The van der Waals surface area contributed by atoms with Crippen LogP contribution < -0.4 is 10.6 Å². The molecule has 0 fully saturated rings. The van der Waals surface area contributed by atoms with Crippen LogP contribution in [0.15, 0.2) is 18.2 Å². The molecule has 0 spiro atoms. The predicted octanol–water partition coefficient (Wildman–Crippen LogP) is 1.14. The maximum Gasteiger partial charge on any atom is 0.234 e. The fraction of sp³-hybridized carbons (Fsp3) is 0.417. The molecule has 3 heteroatoms. The number of aryl methyl sites for hydroxylation is 2. The minimum Gasteiger partial charge on any atom is -0.351 e. The van der Waals surface area contributed by atoms with Gasteiger partial charge in [0.1, 0.15) is 0 Å². The van der Waals surface area contributed by atoms with Gasteiger partial charge in [-0.25, -0.2) is 0 Å². The van der Waals surface area contributed by atoms with Gasteiger partial charge in [0.2, 0.25) is 5.91 Å². The Kier molecular flexibility index (Phi) is 4.31. The van der Waals surface area contributed by atoms with E-state index in [9.17, 15) is 4.79 Å². The summed E-state index contributed by atoms with van der Waals surface area (Å²) in [5.74, 6) is 0.0263. The van der Waals surface area contributed by atoms with Crippen molar-refractivity contribution >= 4 is 5.91 Å². The lowest BCUT2D eigenvalue weighted by Crippen LogP contribution is -2.31. The van der Waals surface area contributed by atoms with E-state index in [1.165, 1.54) is 16.7 Å². The Labute approximate surface area is 90.9 Å². The minimum atomic E-state index is 0.0263. The fourth-order valence-corrected chi connectivity index (χ4v) is 1.41. The minimum absolute atomic E-state index is 0.0263. The van der Waals surface area contributed by atoms with Gasteiger partial charge in [0.15, 0.2) is 0 Å². The second kappa shape index (κ2) is 5.51. The summed E-state index contributed by atoms with van der Waals surface area (Å²) in [6, 6.07) is 6.26. The SMILES string of the molecule is CNCC(=O)NCc1cc(C)ccc1C. The summed E-state index contributed by atoms with van der Waals surface area (Å²) >= 11 is 0. The predicted molar refractivity (Wildman–Crippen MR) is 61.7 cm³/mol. The molecule has 0 aliphatic rings. The number of likely N-dealkylation sites (N-methyl/N-ethyl adjacent to an activating group) is 1. The van der Waals surface area contributed by atoms with Crippen molar-refractivity contribution in [2.75, 3.05) is 13.6 Å². The van der Waals surface area contributed by atoms with Gasteiger partial charge in [-0.15, -0.1) is 0 Å². The zero-order valence-electron chi connectivity index (χ0n) is 9.55. The van der Waals surface area contributed by atoms with Crippen LogP contribution in [0.3, 0.4) is 0 Å². The van der Waals surface area contributed by atoms with Gasteiger partial charge in [0.05, 0.1) is 6.54 Å². The normalized spacial score (nSPS) is 10.1. The van der Waals surface area contributed by atoms with Crippen molar-refractivity contribution in [2.45, 2.75) is 20.4 Å². The second-order valence-electron chi connectivity index (χ2n) is 3.74. The Morgan fingerprint density at radius 1 is 1.33 bits per heavy atom. The van der Waals surface area contributed by atoms with Crippen molar-refractivity contribution in [1.29, 1.82) is 0 Å². The molecule has 0 atom stereocenters. The summed E-state index contributed by atoms with van der Waals surface area (Å²) in [6.45, 7) is 5.08. The molecule has 0 saturated heterocycles. The zero-order valence-corrected chi connectivity index (χ0v) is 9.55. The first kappa shape index (κ1) is 11.7. The lowest BCUT2D eigenvalue weighted by atomic mass is 10.1. The highest BCUT2D eigenvalue weighted by molar-refractivity contribution is 5.77. The molecule has 82 valence electrons. The number of rotatable bonds is 4. The molecule has 0 aromatic heterocycles. The van der Waals surface area contributed by atoms with Crippen LogP contribution in [-0.4, -0.2) is 19.5 Å². The van der Waals surface area contributed by atoms with Crippen LogP contribution in [0, 0.1) is 13.8 Å². The number of hydrogen-bond acceptors (Lipinski definition) is 2. The summed E-state index contributed by atoms with van der Waals surface area (Å²) in [5.41, 5.74) is 3.61. The smallest absolute Gasteiger partial charge is 0.234 e. The fourth-order valence-electron chi connectivity index (χ4n) is 1.41. The summed E-state index contributed by atoms with van der Waals surface area (Å²) in [7, 11) is 1.76. The highest BCUT2D eigenvalue weighted by Crippen LogP contribution is 2.09. The molecule has 0 heterocycles. The quantitative estimate of drug-likeness (QED) is 0.775. The van der Waals surface area contributed by atoms with E-state index in [0.29, 0.717) is 13.1 Å². The first-order valence-corrected chi connectivity index (χ1v) is 5.11. The van der Waals surface area contributed by atoms with Gasteiger partial charge < -0.3 is 10.6 Å². The molecule has 0 bridgehead atoms. The highest BCUT2D eigenvalue weighted by Gasteiger charge is 2.01. The number of benzene rings is 1. The van der Waals surface area contributed by atoms with Crippen molar-refractivity contribution in [3.05, 3.63) is 34.9 Å². The van der Waals surface area contributed by atoms with Crippen LogP contribution >= 0.6 is 0 Å². The van der Waals surface area contributed by atoms with Crippen molar-refractivity contribution in [1.82, 2.24) is 10.6 Å². The van der Waals surface area contributed by atoms with E-state index < -0.39 is 0 Å². The molecule has 0 aliphatic heterocycles. The van der Waals surface area contributed by atoms with Crippen molar-refractivity contribution in [3.63, 3.8) is 0 Å². The topological polar surface area (TPSA) is 41.1 Å². The Balaban J connectivity index is 2.57. The van der Waals surface area contributed by atoms with Gasteiger partial charge in [-0.2, -0.15) is 0 Å². The molecule has 0 aliphatic carbocycles. The van der Waals surface area contributed by atoms with Crippen LogP contribution in [0.5, 0.6) is 0 Å². The average Bonchev–Trinajstić information content (AvgIpc) is 2.20. The third kappa shape index (κ3) is 3.72. The lowest BCUT2D eigenvalue weighted by Gasteiger charge is -2.08. The van der Waals surface area contributed by atoms with E-state index in [2.05, 4.69) is 42.7 Å². The molecular weight excluding hydrogens is 188 g/mol. The van der Waals surface area contributed by atoms with E-state index in [1.54, 1.807) is 7.05 Å². The van der Waals surface area contributed by atoms with Gasteiger partial charge in [-0.05, 0) is 32.0 Å². The van der Waals surface area contributed by atoms with Gasteiger partial charge in [-0.1, -0.05) is 23.8 Å². The summed E-state index contributed by atoms with van der Waals surface area (Å²) in [6.07, 6.45) is 0. The van der Waals surface area contributed by atoms with Gasteiger partial charge in [0.25, 0.3) is 0 Å². The third-order valence-corrected chi connectivity index (χ3v) is 2.32. The van der Waals surface area contributed by atoms with E-state index in [4.69, 9.17) is 0 Å². The zero-order chi connectivity index (χ0) is 11.3. The molecule has 1 rings (SSSR count). The van der Waals surface area contributed by atoms with Crippen LogP contribution in [-0.2, 0) is 11.3 Å². The Morgan fingerprint density at radius 2 is 2.07 bits per heavy atom. The molecule has 1 aromatic rings. The summed E-state index contributed by atoms with van der Waals surface area (Å²) in [4.78, 5) is 11.2. The van der Waals surface area contributed by atoms with Gasteiger partial charge in [-0.3, -0.25) is 4.79 Å². The van der Waals surface area contributed by atoms with Crippen molar-refractivity contribution in [3.8, 4) is 0 Å². The van der Waals surface area contributed by atoms with E-state index in [0.717, 1.165) is 0 Å². The molecule has 0 radical (unpaired) electrons. The maximum atomic E-state index is 11.2. The Morgan fingerprint density at radius 3 is 2.73 bits per heavy atom. The molecule has 0 saturated carbocycles. The standard InChI is InChI=1S/C12H18N2O/c1-9-4-5-10(2)11(6-9)7-14-12(15)8-13-3/h4-6,13H,7-8H2,1-3H3,(H,14,15).